The zero-order valence-electron chi connectivity index (χ0n) is 17.9. The molecule has 10 heteroatoms. The molecule has 162 valence electrons. The molecule has 0 unspecified atom stereocenters. The molecule has 0 spiro atoms. The molecule has 1 saturated carbocycles. The number of aryl methyl sites for hydroxylation is 2. The van der Waals surface area contributed by atoms with Crippen LogP contribution in [0.2, 0.25) is 0 Å². The highest BCUT2D eigenvalue weighted by Gasteiger charge is 2.40. The molecule has 9 nitrogen and oxygen atoms in total. The largest absolute Gasteiger partial charge is 0.477 e. The second-order valence-corrected chi connectivity index (χ2v) is 8.60. The van der Waals surface area contributed by atoms with Gasteiger partial charge in [-0.05, 0) is 38.8 Å². The van der Waals surface area contributed by atoms with Crippen LogP contribution in [0.4, 0.5) is 10.9 Å². The van der Waals surface area contributed by atoms with Gasteiger partial charge in [-0.2, -0.15) is 4.98 Å². The van der Waals surface area contributed by atoms with E-state index in [1.807, 2.05) is 20.0 Å². The van der Waals surface area contributed by atoms with Gasteiger partial charge in [-0.1, -0.05) is 17.4 Å². The lowest BCUT2D eigenvalue weighted by molar-refractivity contribution is 0.0510. The maximum Gasteiger partial charge on any atom is 0.376 e. The van der Waals surface area contributed by atoms with E-state index in [-0.39, 0.29) is 12.4 Å². The zero-order valence-corrected chi connectivity index (χ0v) is 18.7. The van der Waals surface area contributed by atoms with E-state index >= 15 is 0 Å². The summed E-state index contributed by atoms with van der Waals surface area (Å²) in [4.78, 5) is 27.1. The van der Waals surface area contributed by atoms with Crippen LogP contribution in [-0.4, -0.2) is 51.4 Å². The standard InChI is InChI=1S/C21H24N6O3S/c1-5-29-20(28)19-23-17(27(4)21-26-25-13(3)31-21)9-18(24-19)30-11-14-8-15(14)16-7-6-12(2)10-22-16/h6-7,9-10,14-15H,5,8,11H2,1-4H3/t14-,15+/m0/s1. The Morgan fingerprint density at radius 3 is 2.77 bits per heavy atom. The third-order valence-corrected chi connectivity index (χ3v) is 5.89. The minimum absolute atomic E-state index is 0.0463. The van der Waals surface area contributed by atoms with Crippen LogP contribution < -0.4 is 9.64 Å². The van der Waals surface area contributed by atoms with Gasteiger partial charge in [0, 0.05) is 36.8 Å². The van der Waals surface area contributed by atoms with E-state index < -0.39 is 5.97 Å². The van der Waals surface area contributed by atoms with Crippen LogP contribution in [0.1, 0.15) is 46.1 Å². The van der Waals surface area contributed by atoms with Crippen molar-refractivity contribution < 1.29 is 14.3 Å². The van der Waals surface area contributed by atoms with E-state index in [1.165, 1.54) is 11.3 Å². The minimum Gasteiger partial charge on any atom is -0.477 e. The van der Waals surface area contributed by atoms with Gasteiger partial charge >= 0.3 is 5.97 Å². The Labute approximate surface area is 184 Å². The summed E-state index contributed by atoms with van der Waals surface area (Å²) in [6.07, 6.45) is 2.90. The quantitative estimate of drug-likeness (QED) is 0.487. The van der Waals surface area contributed by atoms with Gasteiger partial charge in [0.2, 0.25) is 16.8 Å². The molecular formula is C21H24N6O3S. The van der Waals surface area contributed by atoms with Crippen LogP contribution in [0.3, 0.4) is 0 Å². The van der Waals surface area contributed by atoms with Crippen molar-refractivity contribution in [2.24, 2.45) is 5.92 Å². The summed E-state index contributed by atoms with van der Waals surface area (Å²) in [5.41, 5.74) is 2.23. The number of hydrogen-bond donors (Lipinski definition) is 0. The van der Waals surface area contributed by atoms with Gasteiger partial charge in [-0.15, -0.1) is 10.2 Å². The maximum atomic E-state index is 12.3. The molecule has 3 aromatic rings. The number of nitrogens with zero attached hydrogens (tertiary/aromatic N) is 6. The van der Waals surface area contributed by atoms with Crippen LogP contribution >= 0.6 is 11.3 Å². The molecule has 0 amide bonds. The third-order valence-electron chi connectivity index (χ3n) is 4.98. The van der Waals surface area contributed by atoms with Crippen LogP contribution in [0.25, 0.3) is 0 Å². The van der Waals surface area contributed by atoms with Crippen molar-refractivity contribution in [2.45, 2.75) is 33.1 Å². The third kappa shape index (κ3) is 4.96. The van der Waals surface area contributed by atoms with Gasteiger partial charge in [0.25, 0.3) is 0 Å². The van der Waals surface area contributed by atoms with Gasteiger partial charge in [0.1, 0.15) is 10.8 Å². The number of aromatic nitrogens is 5. The van der Waals surface area contributed by atoms with Crippen LogP contribution in [0.5, 0.6) is 5.88 Å². The number of carbonyl (C=O) groups excluding carboxylic acids is 1. The second kappa shape index (κ2) is 8.93. The Morgan fingerprint density at radius 2 is 2.10 bits per heavy atom. The second-order valence-electron chi connectivity index (χ2n) is 7.44. The smallest absolute Gasteiger partial charge is 0.376 e. The first-order valence-electron chi connectivity index (χ1n) is 10.1. The predicted molar refractivity (Wildman–Crippen MR) is 116 cm³/mol. The molecule has 1 aliphatic rings. The van der Waals surface area contributed by atoms with Crippen LogP contribution in [0.15, 0.2) is 24.4 Å². The van der Waals surface area contributed by atoms with E-state index in [9.17, 15) is 4.79 Å². The number of rotatable bonds is 8. The van der Waals surface area contributed by atoms with E-state index in [4.69, 9.17) is 9.47 Å². The fourth-order valence-electron chi connectivity index (χ4n) is 3.15. The van der Waals surface area contributed by atoms with Crippen LogP contribution in [-0.2, 0) is 4.74 Å². The lowest BCUT2D eigenvalue weighted by Gasteiger charge is -2.16. The molecule has 0 bridgehead atoms. The number of pyridine rings is 1. The van der Waals surface area contributed by atoms with Gasteiger partial charge in [0.05, 0.1) is 13.2 Å². The molecule has 1 aliphatic carbocycles. The summed E-state index contributed by atoms with van der Waals surface area (Å²) in [6.45, 7) is 6.37. The first-order valence-corrected chi connectivity index (χ1v) is 10.9. The molecule has 3 aromatic heterocycles. The maximum absolute atomic E-state index is 12.3. The summed E-state index contributed by atoms with van der Waals surface area (Å²) in [5.74, 6) is 0.918. The summed E-state index contributed by atoms with van der Waals surface area (Å²) >= 11 is 1.43. The molecule has 0 N–H and O–H groups in total. The Bertz CT molecular complexity index is 1070. The molecular weight excluding hydrogens is 416 g/mol. The lowest BCUT2D eigenvalue weighted by atomic mass is 10.2. The van der Waals surface area contributed by atoms with Crippen molar-refractivity contribution in [2.75, 3.05) is 25.2 Å². The fourth-order valence-corrected chi connectivity index (χ4v) is 3.81. The van der Waals surface area contributed by atoms with Gasteiger partial charge in [-0.3, -0.25) is 4.98 Å². The molecule has 0 aromatic carbocycles. The van der Waals surface area contributed by atoms with Crippen molar-refractivity contribution >= 4 is 28.3 Å². The van der Waals surface area contributed by atoms with Crippen molar-refractivity contribution in [3.05, 3.63) is 46.5 Å². The highest BCUT2D eigenvalue weighted by atomic mass is 32.1. The van der Waals surface area contributed by atoms with E-state index in [0.717, 1.165) is 22.7 Å². The average Bonchev–Trinajstić information content (AvgIpc) is 3.42. The summed E-state index contributed by atoms with van der Waals surface area (Å²) in [7, 11) is 1.81. The first kappa shape index (κ1) is 21.1. The molecule has 1 fully saturated rings. The highest BCUT2D eigenvalue weighted by Crippen LogP contribution is 2.46. The Hall–Kier alpha value is -3.14. The SMILES string of the molecule is CCOC(=O)c1nc(OC[C@@H]2C[C@H]2c2ccc(C)cn2)cc(N(C)c2nnc(C)s2)n1. The molecule has 0 aliphatic heterocycles. The zero-order chi connectivity index (χ0) is 22.0. The number of ether oxygens (including phenoxy) is 2. The molecule has 4 rings (SSSR count). The van der Waals surface area contributed by atoms with Gasteiger partial charge in [-0.25, -0.2) is 9.78 Å². The molecule has 31 heavy (non-hydrogen) atoms. The summed E-state index contributed by atoms with van der Waals surface area (Å²) < 4.78 is 11.0. The number of hydrogen-bond acceptors (Lipinski definition) is 10. The van der Waals surface area contributed by atoms with Crippen molar-refractivity contribution in [3.63, 3.8) is 0 Å². The molecule has 0 saturated heterocycles. The van der Waals surface area contributed by atoms with Gasteiger partial charge in [0.15, 0.2) is 0 Å². The number of carbonyl (C=O) groups is 1. The van der Waals surface area contributed by atoms with E-state index in [0.29, 0.717) is 35.3 Å². The summed E-state index contributed by atoms with van der Waals surface area (Å²) in [5, 5.41) is 9.67. The van der Waals surface area contributed by atoms with Crippen molar-refractivity contribution in [1.82, 2.24) is 25.1 Å². The van der Waals surface area contributed by atoms with E-state index in [2.05, 4.69) is 37.3 Å². The van der Waals surface area contributed by atoms with E-state index in [1.54, 1.807) is 24.9 Å². The lowest BCUT2D eigenvalue weighted by Crippen LogP contribution is -2.17. The topological polar surface area (TPSA) is 103 Å². The highest BCUT2D eigenvalue weighted by molar-refractivity contribution is 7.15. The Kier molecular flexibility index (Phi) is 6.08. The number of esters is 1. The molecule has 3 heterocycles. The molecule has 2 atom stereocenters. The Balaban J connectivity index is 1.50. The van der Waals surface area contributed by atoms with Crippen LogP contribution in [0, 0.1) is 19.8 Å². The average molecular weight is 441 g/mol. The summed E-state index contributed by atoms with van der Waals surface area (Å²) in [6, 6.07) is 5.84. The number of anilines is 2. The Morgan fingerprint density at radius 1 is 1.26 bits per heavy atom. The predicted octanol–water partition coefficient (Wildman–Crippen LogP) is 3.47. The van der Waals surface area contributed by atoms with Gasteiger partial charge < -0.3 is 14.4 Å². The van der Waals surface area contributed by atoms with Crippen molar-refractivity contribution in [1.29, 1.82) is 0 Å². The molecule has 0 radical (unpaired) electrons. The minimum atomic E-state index is -0.593. The normalized spacial score (nSPS) is 17.3. The van der Waals surface area contributed by atoms with Crippen molar-refractivity contribution in [3.8, 4) is 5.88 Å². The first-order chi connectivity index (χ1) is 14.9. The monoisotopic (exact) mass is 440 g/mol. The fraction of sp³-hybridized carbons (Fsp3) is 0.429.